The first-order valence-electron chi connectivity index (χ1n) is 10.4. The van der Waals surface area contributed by atoms with Crippen LogP contribution < -0.4 is 15.0 Å². The van der Waals surface area contributed by atoms with Gasteiger partial charge in [-0.1, -0.05) is 22.9 Å². The second-order valence-corrected chi connectivity index (χ2v) is 9.52. The molecule has 0 radical (unpaired) electrons. The van der Waals surface area contributed by atoms with Crippen molar-refractivity contribution in [3.8, 4) is 11.5 Å². The third kappa shape index (κ3) is 5.87. The van der Waals surface area contributed by atoms with E-state index in [4.69, 9.17) is 14.2 Å². The van der Waals surface area contributed by atoms with E-state index in [2.05, 4.69) is 57.9 Å². The van der Waals surface area contributed by atoms with Gasteiger partial charge in [-0.2, -0.15) is 9.78 Å². The molecule has 0 aliphatic carbocycles. The molecule has 2 aromatic carbocycles. The molecule has 0 atom stereocenters. The average molecular weight is 660 g/mol. The van der Waals surface area contributed by atoms with E-state index >= 15 is 0 Å². The molecule has 11 heteroatoms. The normalized spacial score (nSPS) is 11.2. The largest absolute Gasteiger partial charge is 0.493 e. The van der Waals surface area contributed by atoms with E-state index in [1.165, 1.54) is 11.8 Å². The standard InChI is InChI=1S/C23H22Br3N3O5/c1-4-6-18-28-16-8-7-14(24)10-15(16)23(31)29(18)27-11-13-9-17(32-3)22(21(26)20(13)25)34-12-19(30)33-5-2/h7-11H,4-6,12H2,1-3H3. The van der Waals surface area contributed by atoms with Gasteiger partial charge >= 0.3 is 5.97 Å². The maximum absolute atomic E-state index is 13.2. The molecule has 0 fully saturated rings. The molecule has 8 nitrogen and oxygen atoms in total. The van der Waals surface area contributed by atoms with Gasteiger partial charge in [0.2, 0.25) is 0 Å². The van der Waals surface area contributed by atoms with Crippen LogP contribution in [0.4, 0.5) is 0 Å². The van der Waals surface area contributed by atoms with Crippen molar-refractivity contribution in [2.24, 2.45) is 5.10 Å². The number of benzene rings is 2. The number of rotatable bonds is 9. The monoisotopic (exact) mass is 657 g/mol. The predicted octanol–water partition coefficient (Wildman–Crippen LogP) is 5.47. The van der Waals surface area contributed by atoms with Crippen molar-refractivity contribution < 1.29 is 19.0 Å². The summed E-state index contributed by atoms with van der Waals surface area (Å²) >= 11 is 10.4. The molecule has 3 aromatic rings. The van der Waals surface area contributed by atoms with Crippen molar-refractivity contribution >= 4 is 70.9 Å². The lowest BCUT2D eigenvalue weighted by Crippen LogP contribution is -2.22. The van der Waals surface area contributed by atoms with Crippen molar-refractivity contribution in [3.05, 3.63) is 59.4 Å². The van der Waals surface area contributed by atoms with Crippen LogP contribution in [0.2, 0.25) is 0 Å². The minimum Gasteiger partial charge on any atom is -0.493 e. The molecule has 34 heavy (non-hydrogen) atoms. The molecule has 0 saturated heterocycles. The zero-order valence-corrected chi connectivity index (χ0v) is 23.5. The third-order valence-electron chi connectivity index (χ3n) is 4.68. The molecule has 0 aliphatic heterocycles. The molecule has 1 heterocycles. The zero-order valence-electron chi connectivity index (χ0n) is 18.7. The number of fused-ring (bicyclic) bond motifs is 1. The maximum atomic E-state index is 13.2. The summed E-state index contributed by atoms with van der Waals surface area (Å²) in [6, 6.07) is 7.08. The number of esters is 1. The Balaban J connectivity index is 2.04. The summed E-state index contributed by atoms with van der Waals surface area (Å²) < 4.78 is 19.2. The van der Waals surface area contributed by atoms with Gasteiger partial charge in [0, 0.05) is 20.9 Å². The first kappa shape index (κ1) is 26.4. The first-order valence-corrected chi connectivity index (χ1v) is 12.8. The number of carbonyl (C=O) groups excluding carboxylic acids is 1. The molecule has 0 spiro atoms. The summed E-state index contributed by atoms with van der Waals surface area (Å²) in [6.07, 6.45) is 2.94. The smallest absolute Gasteiger partial charge is 0.344 e. The minimum absolute atomic E-state index is 0.262. The summed E-state index contributed by atoms with van der Waals surface area (Å²) in [5.74, 6) is 0.787. The fourth-order valence-corrected chi connectivity index (χ4v) is 4.43. The van der Waals surface area contributed by atoms with Crippen LogP contribution in [0.3, 0.4) is 0 Å². The van der Waals surface area contributed by atoms with E-state index in [9.17, 15) is 9.59 Å². The summed E-state index contributed by atoms with van der Waals surface area (Å²) in [6.45, 7) is 3.73. The maximum Gasteiger partial charge on any atom is 0.344 e. The lowest BCUT2D eigenvalue weighted by Gasteiger charge is -2.15. The Hall–Kier alpha value is -2.24. The number of hydrogen-bond donors (Lipinski definition) is 0. The van der Waals surface area contributed by atoms with Crippen LogP contribution in [0.1, 0.15) is 31.7 Å². The molecule has 0 bridgehead atoms. The second-order valence-electron chi connectivity index (χ2n) is 7.02. The number of halogens is 3. The fourth-order valence-electron chi connectivity index (χ4n) is 3.14. The molecule has 1 aromatic heterocycles. The van der Waals surface area contributed by atoms with Crippen LogP contribution >= 0.6 is 47.8 Å². The molecule has 3 rings (SSSR count). The van der Waals surface area contributed by atoms with Gasteiger partial charge in [-0.3, -0.25) is 4.79 Å². The molecule has 0 aliphatic rings. The number of ether oxygens (including phenoxy) is 3. The highest BCUT2D eigenvalue weighted by Gasteiger charge is 2.18. The van der Waals surface area contributed by atoms with E-state index < -0.39 is 5.97 Å². The molecule has 0 saturated carbocycles. The van der Waals surface area contributed by atoms with Crippen LogP contribution in [0, 0.1) is 0 Å². The van der Waals surface area contributed by atoms with E-state index in [-0.39, 0.29) is 18.8 Å². The van der Waals surface area contributed by atoms with Crippen molar-refractivity contribution in [1.82, 2.24) is 9.66 Å². The van der Waals surface area contributed by atoms with Gasteiger partial charge in [-0.25, -0.2) is 9.78 Å². The predicted molar refractivity (Wildman–Crippen MR) is 141 cm³/mol. The van der Waals surface area contributed by atoms with E-state index in [0.29, 0.717) is 49.2 Å². The Morgan fingerprint density at radius 1 is 1.18 bits per heavy atom. The van der Waals surface area contributed by atoms with Crippen molar-refractivity contribution in [3.63, 3.8) is 0 Å². The van der Waals surface area contributed by atoms with E-state index in [1.807, 2.05) is 19.1 Å². The zero-order chi connectivity index (χ0) is 24.8. The van der Waals surface area contributed by atoms with Crippen molar-refractivity contribution in [2.45, 2.75) is 26.7 Å². The first-order chi connectivity index (χ1) is 16.3. The summed E-state index contributed by atoms with van der Waals surface area (Å²) in [5.41, 5.74) is 0.982. The summed E-state index contributed by atoms with van der Waals surface area (Å²) in [7, 11) is 1.49. The number of carbonyl (C=O) groups is 1. The fraction of sp³-hybridized carbons (Fsp3) is 0.304. The highest BCUT2D eigenvalue weighted by atomic mass is 79.9. The second kappa shape index (κ2) is 11.9. The van der Waals surface area contributed by atoms with E-state index in [0.717, 1.165) is 10.9 Å². The quantitative estimate of drug-likeness (QED) is 0.224. The lowest BCUT2D eigenvalue weighted by atomic mass is 10.2. The molecule has 180 valence electrons. The van der Waals surface area contributed by atoms with Crippen LogP contribution in [0.5, 0.6) is 11.5 Å². The van der Waals surface area contributed by atoms with Crippen LogP contribution in [-0.2, 0) is 16.0 Å². The van der Waals surface area contributed by atoms with Crippen molar-refractivity contribution in [2.75, 3.05) is 20.3 Å². The Labute approximate surface area is 221 Å². The number of nitrogens with zero attached hydrogens (tertiary/aromatic N) is 3. The number of aryl methyl sites for hydroxylation is 1. The lowest BCUT2D eigenvalue weighted by molar-refractivity contribution is -0.145. The molecule has 0 unspecified atom stereocenters. The SMILES string of the molecule is CCCc1nc2ccc(Br)cc2c(=O)n1N=Cc1cc(OC)c(OCC(=O)OCC)c(Br)c1Br. The van der Waals surface area contributed by atoms with Gasteiger partial charge in [-0.15, -0.1) is 0 Å². The van der Waals surface area contributed by atoms with Crippen LogP contribution in [-0.4, -0.2) is 42.2 Å². The van der Waals surface area contributed by atoms with Crippen molar-refractivity contribution in [1.29, 1.82) is 0 Å². The molecule has 0 N–H and O–H groups in total. The molecular formula is C23H22Br3N3O5. The van der Waals surface area contributed by atoms with Gasteiger partial charge in [-0.05, 0) is 69.5 Å². The third-order valence-corrected chi connectivity index (χ3v) is 7.31. The average Bonchev–Trinajstić information content (AvgIpc) is 2.81. The highest BCUT2D eigenvalue weighted by Crippen LogP contribution is 2.42. The Kier molecular flexibility index (Phi) is 9.26. The van der Waals surface area contributed by atoms with Gasteiger partial charge in [0.05, 0.1) is 35.3 Å². The Morgan fingerprint density at radius 3 is 2.62 bits per heavy atom. The highest BCUT2D eigenvalue weighted by molar-refractivity contribution is 9.13. The summed E-state index contributed by atoms with van der Waals surface area (Å²) in [4.78, 5) is 29.5. The van der Waals surface area contributed by atoms with Gasteiger partial charge in [0.15, 0.2) is 18.1 Å². The Morgan fingerprint density at radius 2 is 1.94 bits per heavy atom. The van der Waals surface area contributed by atoms with Crippen LogP contribution in [0.25, 0.3) is 10.9 Å². The van der Waals surface area contributed by atoms with Gasteiger partial charge in [0.1, 0.15) is 5.82 Å². The minimum atomic E-state index is -0.489. The van der Waals surface area contributed by atoms with E-state index in [1.54, 1.807) is 25.3 Å². The summed E-state index contributed by atoms with van der Waals surface area (Å²) in [5, 5.41) is 4.92. The molecular weight excluding hydrogens is 638 g/mol. The van der Waals surface area contributed by atoms with Crippen LogP contribution in [0.15, 0.2) is 47.6 Å². The molecule has 0 amide bonds. The number of aromatic nitrogens is 2. The Bertz CT molecular complexity index is 1310. The van der Waals surface area contributed by atoms with Gasteiger partial charge in [0.25, 0.3) is 5.56 Å². The number of methoxy groups -OCH3 is 1. The topological polar surface area (TPSA) is 92.0 Å². The number of hydrogen-bond acceptors (Lipinski definition) is 7. The van der Waals surface area contributed by atoms with Gasteiger partial charge < -0.3 is 14.2 Å².